The Kier molecular flexibility index (Phi) is 45.8. The average molecular weight is 807 g/mol. The van der Waals surface area contributed by atoms with E-state index in [1.54, 1.807) is 0 Å². The first-order valence-corrected chi connectivity index (χ1v) is 25.5. The molecule has 0 aliphatic heterocycles. The SMILES string of the molecule is CCCCCCCCCCCCCCCCCCCCCCCCCC(=O)OCC(COC(=O)CCCCCCCCC)OC(=O)CCCCCCCCCCC. The lowest BCUT2D eigenvalue weighted by Crippen LogP contribution is -2.30. The number of ether oxygens (including phenoxy) is 3. The van der Waals surface area contributed by atoms with Gasteiger partial charge in [-0.2, -0.15) is 0 Å². The molecule has 0 heterocycles. The van der Waals surface area contributed by atoms with Crippen molar-refractivity contribution >= 4 is 17.9 Å². The summed E-state index contributed by atoms with van der Waals surface area (Å²) in [6, 6.07) is 0. The first-order chi connectivity index (χ1) is 28.0. The number of hydrogen-bond donors (Lipinski definition) is 0. The van der Waals surface area contributed by atoms with Crippen LogP contribution < -0.4 is 0 Å². The molecule has 0 radical (unpaired) electrons. The zero-order valence-corrected chi connectivity index (χ0v) is 38.6. The van der Waals surface area contributed by atoms with Crippen LogP contribution in [0.25, 0.3) is 0 Å². The van der Waals surface area contributed by atoms with Crippen molar-refractivity contribution in [3.63, 3.8) is 0 Å². The van der Waals surface area contributed by atoms with Crippen molar-refractivity contribution in [1.82, 2.24) is 0 Å². The highest BCUT2D eigenvalue weighted by molar-refractivity contribution is 5.71. The van der Waals surface area contributed by atoms with Crippen molar-refractivity contribution in [3.8, 4) is 0 Å². The van der Waals surface area contributed by atoms with E-state index in [9.17, 15) is 14.4 Å². The predicted octanol–water partition coefficient (Wildman–Crippen LogP) is 16.4. The normalized spacial score (nSPS) is 11.8. The Morgan fingerprint density at radius 2 is 0.474 bits per heavy atom. The second kappa shape index (κ2) is 47.1. The molecular weight excluding hydrogens is 709 g/mol. The summed E-state index contributed by atoms with van der Waals surface area (Å²) in [5.41, 5.74) is 0. The quantitative estimate of drug-likeness (QED) is 0.0346. The fourth-order valence-electron chi connectivity index (χ4n) is 7.74. The van der Waals surface area contributed by atoms with Crippen molar-refractivity contribution < 1.29 is 28.6 Å². The van der Waals surface area contributed by atoms with Crippen LogP contribution in [-0.4, -0.2) is 37.2 Å². The molecule has 6 nitrogen and oxygen atoms in total. The molecule has 0 aliphatic carbocycles. The van der Waals surface area contributed by atoms with Crippen molar-refractivity contribution in [2.24, 2.45) is 0 Å². The number of rotatable bonds is 47. The number of esters is 3. The van der Waals surface area contributed by atoms with E-state index in [4.69, 9.17) is 14.2 Å². The van der Waals surface area contributed by atoms with Crippen LogP contribution in [0, 0.1) is 0 Å². The van der Waals surface area contributed by atoms with E-state index < -0.39 is 6.10 Å². The van der Waals surface area contributed by atoms with Crippen molar-refractivity contribution in [2.45, 2.75) is 297 Å². The fourth-order valence-corrected chi connectivity index (χ4v) is 7.74. The summed E-state index contributed by atoms with van der Waals surface area (Å²) in [6.45, 7) is 6.61. The van der Waals surface area contributed by atoms with Gasteiger partial charge in [0.1, 0.15) is 13.2 Å². The third-order valence-electron chi connectivity index (χ3n) is 11.6. The van der Waals surface area contributed by atoms with Crippen LogP contribution in [0.2, 0.25) is 0 Å². The van der Waals surface area contributed by atoms with Gasteiger partial charge in [0.2, 0.25) is 0 Å². The van der Waals surface area contributed by atoms with Gasteiger partial charge in [-0.05, 0) is 19.3 Å². The molecule has 0 aromatic rings. The maximum absolute atomic E-state index is 12.7. The Morgan fingerprint density at radius 3 is 0.702 bits per heavy atom. The topological polar surface area (TPSA) is 78.9 Å². The molecule has 1 unspecified atom stereocenters. The van der Waals surface area contributed by atoms with E-state index in [1.165, 1.54) is 193 Å². The van der Waals surface area contributed by atoms with Gasteiger partial charge in [-0.15, -0.1) is 0 Å². The summed E-state index contributed by atoms with van der Waals surface area (Å²) in [4.78, 5) is 37.6. The predicted molar refractivity (Wildman–Crippen MR) is 243 cm³/mol. The zero-order chi connectivity index (χ0) is 41.5. The van der Waals surface area contributed by atoms with Gasteiger partial charge in [0.15, 0.2) is 6.10 Å². The first kappa shape index (κ1) is 55.4. The molecule has 0 saturated heterocycles. The van der Waals surface area contributed by atoms with Gasteiger partial charge in [0, 0.05) is 19.3 Å². The number of carbonyl (C=O) groups excluding carboxylic acids is 3. The van der Waals surface area contributed by atoms with Crippen molar-refractivity contribution in [2.75, 3.05) is 13.2 Å². The van der Waals surface area contributed by atoms with Gasteiger partial charge < -0.3 is 14.2 Å². The lowest BCUT2D eigenvalue weighted by atomic mass is 10.0. The Balaban J connectivity index is 4.02. The number of unbranched alkanes of at least 4 members (excludes halogenated alkanes) is 36. The monoisotopic (exact) mass is 807 g/mol. The molecule has 338 valence electrons. The molecular formula is C51H98O6. The zero-order valence-electron chi connectivity index (χ0n) is 38.6. The Labute approximate surface area is 355 Å². The first-order valence-electron chi connectivity index (χ1n) is 25.5. The maximum atomic E-state index is 12.7. The standard InChI is InChI=1S/C51H98O6/c1-4-7-10-13-16-18-19-20-21-22-23-24-25-26-27-28-29-30-31-33-35-38-41-44-50(53)56-47-48(46-55-49(52)43-40-37-34-15-12-9-6-3)57-51(54)45-42-39-36-32-17-14-11-8-5-2/h48H,4-47H2,1-3H3. The second-order valence-electron chi connectivity index (χ2n) is 17.5. The molecule has 0 amide bonds. The third-order valence-corrected chi connectivity index (χ3v) is 11.6. The van der Waals surface area contributed by atoms with E-state index in [2.05, 4.69) is 20.8 Å². The lowest BCUT2D eigenvalue weighted by molar-refractivity contribution is -0.167. The Morgan fingerprint density at radius 1 is 0.281 bits per heavy atom. The summed E-state index contributed by atoms with van der Waals surface area (Å²) in [5.74, 6) is -0.857. The average Bonchev–Trinajstić information content (AvgIpc) is 3.21. The van der Waals surface area contributed by atoms with Crippen molar-refractivity contribution in [1.29, 1.82) is 0 Å². The van der Waals surface area contributed by atoms with E-state index in [0.29, 0.717) is 19.3 Å². The van der Waals surface area contributed by atoms with Crippen molar-refractivity contribution in [3.05, 3.63) is 0 Å². The van der Waals surface area contributed by atoms with Crippen LogP contribution in [0.1, 0.15) is 290 Å². The van der Waals surface area contributed by atoms with Gasteiger partial charge >= 0.3 is 17.9 Å². The molecule has 0 saturated carbocycles. The van der Waals surface area contributed by atoms with Gasteiger partial charge in [-0.3, -0.25) is 14.4 Å². The van der Waals surface area contributed by atoms with Gasteiger partial charge in [-0.1, -0.05) is 252 Å². The second-order valence-corrected chi connectivity index (χ2v) is 17.5. The van der Waals surface area contributed by atoms with Crippen LogP contribution >= 0.6 is 0 Å². The molecule has 0 rings (SSSR count). The lowest BCUT2D eigenvalue weighted by Gasteiger charge is -2.18. The molecule has 6 heteroatoms. The molecule has 0 spiro atoms. The fraction of sp³-hybridized carbons (Fsp3) is 0.941. The summed E-state index contributed by atoms with van der Waals surface area (Å²) >= 11 is 0. The summed E-state index contributed by atoms with van der Waals surface area (Å²) in [7, 11) is 0. The molecule has 0 aromatic carbocycles. The summed E-state index contributed by atoms with van der Waals surface area (Å²) in [6.07, 6.45) is 49.8. The van der Waals surface area contributed by atoms with Crippen LogP contribution in [0.15, 0.2) is 0 Å². The van der Waals surface area contributed by atoms with Gasteiger partial charge in [0.25, 0.3) is 0 Å². The molecule has 1 atom stereocenters. The molecule has 0 aliphatic rings. The highest BCUT2D eigenvalue weighted by atomic mass is 16.6. The minimum atomic E-state index is -0.757. The van der Waals surface area contributed by atoms with Gasteiger partial charge in [0.05, 0.1) is 0 Å². The van der Waals surface area contributed by atoms with E-state index >= 15 is 0 Å². The smallest absolute Gasteiger partial charge is 0.306 e. The molecule has 0 aromatic heterocycles. The molecule has 0 fully saturated rings. The minimum Gasteiger partial charge on any atom is -0.462 e. The molecule has 0 bridgehead atoms. The third kappa shape index (κ3) is 45.3. The largest absolute Gasteiger partial charge is 0.462 e. The van der Waals surface area contributed by atoms with Crippen LogP contribution in [-0.2, 0) is 28.6 Å². The van der Waals surface area contributed by atoms with E-state index in [0.717, 1.165) is 57.8 Å². The number of carbonyl (C=O) groups is 3. The Bertz CT molecular complexity index is 844. The van der Waals surface area contributed by atoms with Gasteiger partial charge in [-0.25, -0.2) is 0 Å². The summed E-state index contributed by atoms with van der Waals surface area (Å²) < 4.78 is 16.7. The molecule has 0 N–H and O–H groups in total. The highest BCUT2D eigenvalue weighted by Gasteiger charge is 2.19. The minimum absolute atomic E-state index is 0.0631. The van der Waals surface area contributed by atoms with Crippen LogP contribution in [0.5, 0.6) is 0 Å². The van der Waals surface area contributed by atoms with Crippen LogP contribution in [0.4, 0.5) is 0 Å². The summed E-state index contributed by atoms with van der Waals surface area (Å²) in [5, 5.41) is 0. The highest BCUT2D eigenvalue weighted by Crippen LogP contribution is 2.17. The van der Waals surface area contributed by atoms with Crippen LogP contribution in [0.3, 0.4) is 0 Å². The number of hydrogen-bond acceptors (Lipinski definition) is 6. The Hall–Kier alpha value is -1.59. The molecule has 57 heavy (non-hydrogen) atoms. The van der Waals surface area contributed by atoms with E-state index in [-0.39, 0.29) is 31.1 Å². The van der Waals surface area contributed by atoms with E-state index in [1.807, 2.05) is 0 Å². The maximum Gasteiger partial charge on any atom is 0.306 e.